The lowest BCUT2D eigenvalue weighted by Crippen LogP contribution is -2.47. The van der Waals surface area contributed by atoms with Gasteiger partial charge in [-0.25, -0.2) is 4.39 Å². The Labute approximate surface area is 147 Å². The van der Waals surface area contributed by atoms with E-state index in [1.54, 1.807) is 31.2 Å². The lowest BCUT2D eigenvalue weighted by atomic mass is 9.97. The van der Waals surface area contributed by atoms with E-state index in [0.29, 0.717) is 16.8 Å². The van der Waals surface area contributed by atoms with Gasteiger partial charge >= 0.3 is 0 Å². The molecular formula is C20H23FN2O2. The highest BCUT2D eigenvalue weighted by atomic mass is 19.1. The van der Waals surface area contributed by atoms with Crippen molar-refractivity contribution >= 4 is 17.5 Å². The number of nitrogens with one attached hydrogen (secondary N) is 2. The molecule has 2 amide bonds. The Morgan fingerprint density at radius 2 is 1.80 bits per heavy atom. The van der Waals surface area contributed by atoms with Crippen LogP contribution in [0.3, 0.4) is 0 Å². The van der Waals surface area contributed by atoms with E-state index in [1.807, 2.05) is 19.9 Å². The van der Waals surface area contributed by atoms with Gasteiger partial charge < -0.3 is 10.6 Å². The van der Waals surface area contributed by atoms with Crippen LogP contribution < -0.4 is 10.6 Å². The summed E-state index contributed by atoms with van der Waals surface area (Å²) in [4.78, 5) is 25.1. The minimum atomic E-state index is -0.679. The van der Waals surface area contributed by atoms with Gasteiger partial charge in [-0.2, -0.15) is 0 Å². The van der Waals surface area contributed by atoms with Crippen molar-refractivity contribution < 1.29 is 14.0 Å². The first-order valence-corrected chi connectivity index (χ1v) is 8.35. The van der Waals surface area contributed by atoms with E-state index >= 15 is 0 Å². The first-order chi connectivity index (χ1) is 11.9. The minimum absolute atomic E-state index is 0.0478. The highest BCUT2D eigenvalue weighted by molar-refractivity contribution is 6.01. The van der Waals surface area contributed by atoms with Crippen LogP contribution >= 0.6 is 0 Å². The van der Waals surface area contributed by atoms with Gasteiger partial charge in [0.15, 0.2) is 0 Å². The summed E-state index contributed by atoms with van der Waals surface area (Å²) < 4.78 is 13.2. The molecule has 2 atom stereocenters. The Balaban J connectivity index is 2.16. The second kappa shape index (κ2) is 8.42. The lowest BCUT2D eigenvalue weighted by molar-refractivity contribution is -0.119. The lowest BCUT2D eigenvalue weighted by Gasteiger charge is -2.24. The van der Waals surface area contributed by atoms with Crippen LogP contribution in [-0.2, 0) is 4.79 Å². The predicted molar refractivity (Wildman–Crippen MR) is 96.9 cm³/mol. The van der Waals surface area contributed by atoms with E-state index in [4.69, 9.17) is 0 Å². The molecule has 2 aromatic carbocycles. The Morgan fingerprint density at radius 1 is 1.12 bits per heavy atom. The van der Waals surface area contributed by atoms with Gasteiger partial charge in [-0.3, -0.25) is 9.59 Å². The Bertz CT molecular complexity index is 747. The number of aryl methyl sites for hydroxylation is 1. The molecule has 0 saturated carbocycles. The second-order valence-corrected chi connectivity index (χ2v) is 6.15. The first kappa shape index (κ1) is 18.6. The van der Waals surface area contributed by atoms with Gasteiger partial charge in [-0.1, -0.05) is 38.5 Å². The average Bonchev–Trinajstić information content (AvgIpc) is 2.61. The van der Waals surface area contributed by atoms with Crippen molar-refractivity contribution in [2.75, 3.05) is 5.32 Å². The van der Waals surface area contributed by atoms with Crippen molar-refractivity contribution in [2.45, 2.75) is 33.2 Å². The zero-order valence-corrected chi connectivity index (χ0v) is 14.7. The molecule has 0 unspecified atom stereocenters. The molecule has 132 valence electrons. The van der Waals surface area contributed by atoms with Crippen molar-refractivity contribution in [3.05, 3.63) is 65.5 Å². The standard InChI is InChI=1S/C20H23FN2O2/c1-4-13(2)18(23-19(24)15-8-6-5-7-9-15)20(25)22-17-11-10-16(21)12-14(17)3/h5-13,18H,4H2,1-3H3,(H,22,25)(H,23,24)/t13-,18-/m0/s1. The van der Waals surface area contributed by atoms with Gasteiger partial charge in [0.2, 0.25) is 5.91 Å². The van der Waals surface area contributed by atoms with Crippen LogP contribution in [0.15, 0.2) is 48.5 Å². The number of rotatable bonds is 6. The van der Waals surface area contributed by atoms with Gasteiger partial charge in [0.25, 0.3) is 5.91 Å². The SMILES string of the molecule is CC[C@H](C)[C@H](NC(=O)c1ccccc1)C(=O)Nc1ccc(F)cc1C. The Hall–Kier alpha value is -2.69. The molecule has 0 fully saturated rings. The van der Waals surface area contributed by atoms with Crippen LogP contribution in [0.2, 0.25) is 0 Å². The highest BCUT2D eigenvalue weighted by Gasteiger charge is 2.26. The van der Waals surface area contributed by atoms with Gasteiger partial charge in [0.05, 0.1) is 0 Å². The number of hydrogen-bond donors (Lipinski definition) is 2. The maximum absolute atomic E-state index is 13.2. The smallest absolute Gasteiger partial charge is 0.251 e. The Morgan fingerprint density at radius 3 is 2.40 bits per heavy atom. The van der Waals surface area contributed by atoms with Crippen LogP contribution in [0.4, 0.5) is 10.1 Å². The zero-order chi connectivity index (χ0) is 18.4. The van der Waals surface area contributed by atoms with Gasteiger partial charge in [0.1, 0.15) is 11.9 Å². The number of anilines is 1. The van der Waals surface area contributed by atoms with Crippen molar-refractivity contribution in [3.8, 4) is 0 Å². The number of hydrogen-bond acceptors (Lipinski definition) is 2. The fourth-order valence-electron chi connectivity index (χ4n) is 2.49. The highest BCUT2D eigenvalue weighted by Crippen LogP contribution is 2.18. The number of halogens is 1. The number of benzene rings is 2. The molecule has 0 saturated heterocycles. The molecule has 0 heterocycles. The number of carbonyl (C=O) groups excluding carboxylic acids is 2. The van der Waals surface area contributed by atoms with E-state index in [1.165, 1.54) is 18.2 Å². The monoisotopic (exact) mass is 342 g/mol. The molecule has 4 nitrogen and oxygen atoms in total. The summed E-state index contributed by atoms with van der Waals surface area (Å²) >= 11 is 0. The molecule has 25 heavy (non-hydrogen) atoms. The largest absolute Gasteiger partial charge is 0.340 e. The van der Waals surface area contributed by atoms with Gasteiger partial charge in [-0.05, 0) is 48.7 Å². The molecule has 0 aliphatic carbocycles. The van der Waals surface area contributed by atoms with E-state index in [2.05, 4.69) is 10.6 Å². The fourth-order valence-corrected chi connectivity index (χ4v) is 2.49. The maximum atomic E-state index is 13.2. The minimum Gasteiger partial charge on any atom is -0.340 e. The molecule has 5 heteroatoms. The predicted octanol–water partition coefficient (Wildman–Crippen LogP) is 3.92. The summed E-state index contributed by atoms with van der Waals surface area (Å²) in [6.07, 6.45) is 0.732. The third-order valence-corrected chi connectivity index (χ3v) is 4.26. The molecule has 0 bridgehead atoms. The van der Waals surface area contributed by atoms with Crippen LogP contribution in [0.1, 0.15) is 36.2 Å². The van der Waals surface area contributed by atoms with E-state index < -0.39 is 6.04 Å². The maximum Gasteiger partial charge on any atom is 0.251 e. The van der Waals surface area contributed by atoms with Crippen molar-refractivity contribution in [1.29, 1.82) is 0 Å². The van der Waals surface area contributed by atoms with Crippen molar-refractivity contribution in [2.24, 2.45) is 5.92 Å². The third-order valence-electron chi connectivity index (χ3n) is 4.26. The second-order valence-electron chi connectivity index (χ2n) is 6.15. The van der Waals surface area contributed by atoms with E-state index in [0.717, 1.165) is 6.42 Å². The van der Waals surface area contributed by atoms with Crippen LogP contribution in [0.5, 0.6) is 0 Å². The summed E-state index contributed by atoms with van der Waals surface area (Å²) in [5.74, 6) is -1.01. The summed E-state index contributed by atoms with van der Waals surface area (Å²) in [5, 5.41) is 5.60. The van der Waals surface area contributed by atoms with E-state index in [9.17, 15) is 14.0 Å². The van der Waals surface area contributed by atoms with Crippen molar-refractivity contribution in [1.82, 2.24) is 5.32 Å². The van der Waals surface area contributed by atoms with Crippen LogP contribution in [0.25, 0.3) is 0 Å². The Kier molecular flexibility index (Phi) is 6.28. The fraction of sp³-hybridized carbons (Fsp3) is 0.300. The van der Waals surface area contributed by atoms with Gasteiger partial charge in [0, 0.05) is 11.3 Å². The molecule has 0 radical (unpaired) electrons. The molecule has 2 aromatic rings. The summed E-state index contributed by atoms with van der Waals surface area (Å²) in [6.45, 7) is 5.59. The summed E-state index contributed by atoms with van der Waals surface area (Å²) in [6, 6.07) is 12.3. The molecular weight excluding hydrogens is 319 g/mol. The molecule has 0 aliphatic heterocycles. The topological polar surface area (TPSA) is 58.2 Å². The summed E-state index contributed by atoms with van der Waals surface area (Å²) in [7, 11) is 0. The zero-order valence-electron chi connectivity index (χ0n) is 14.7. The normalized spacial score (nSPS) is 13.0. The van der Waals surface area contributed by atoms with Crippen LogP contribution in [0, 0.1) is 18.7 Å². The van der Waals surface area contributed by atoms with Crippen LogP contribution in [-0.4, -0.2) is 17.9 Å². The molecule has 0 spiro atoms. The molecule has 0 aliphatic rings. The molecule has 2 N–H and O–H groups in total. The number of amides is 2. The summed E-state index contributed by atoms with van der Waals surface area (Å²) in [5.41, 5.74) is 1.67. The first-order valence-electron chi connectivity index (χ1n) is 8.35. The van der Waals surface area contributed by atoms with Crippen molar-refractivity contribution in [3.63, 3.8) is 0 Å². The van der Waals surface area contributed by atoms with E-state index in [-0.39, 0.29) is 23.5 Å². The number of carbonyl (C=O) groups is 2. The average molecular weight is 342 g/mol. The molecule has 2 rings (SSSR count). The quantitative estimate of drug-likeness (QED) is 0.836. The van der Waals surface area contributed by atoms with Gasteiger partial charge in [-0.15, -0.1) is 0 Å². The third kappa shape index (κ3) is 4.89. The molecule has 0 aromatic heterocycles.